The van der Waals surface area contributed by atoms with Crippen LogP contribution in [0.1, 0.15) is 36.0 Å². The Bertz CT molecular complexity index is 956. The van der Waals surface area contributed by atoms with Crippen molar-refractivity contribution in [2.75, 3.05) is 19.8 Å². The third-order valence-corrected chi connectivity index (χ3v) is 5.49. The molecule has 2 saturated heterocycles. The molecule has 0 unspecified atom stereocenters. The maximum Gasteiger partial charge on any atom is 0.262 e. The quantitative estimate of drug-likeness (QED) is 0.766. The molecule has 0 bridgehead atoms. The van der Waals surface area contributed by atoms with Gasteiger partial charge in [-0.2, -0.15) is 0 Å². The van der Waals surface area contributed by atoms with Crippen molar-refractivity contribution in [3.63, 3.8) is 0 Å². The molecule has 2 aliphatic heterocycles. The van der Waals surface area contributed by atoms with E-state index in [2.05, 4.69) is 10.3 Å². The highest BCUT2D eigenvalue weighted by molar-refractivity contribution is 7.71. The van der Waals surface area contributed by atoms with Gasteiger partial charge in [0.25, 0.3) is 11.5 Å². The van der Waals surface area contributed by atoms with Gasteiger partial charge in [-0.3, -0.25) is 14.2 Å². The van der Waals surface area contributed by atoms with Crippen LogP contribution in [0.2, 0.25) is 0 Å². The van der Waals surface area contributed by atoms with Crippen LogP contribution in [0, 0.1) is 4.77 Å². The highest BCUT2D eigenvalue weighted by atomic mass is 32.1. The van der Waals surface area contributed by atoms with Crippen LogP contribution in [0.4, 0.5) is 0 Å². The van der Waals surface area contributed by atoms with E-state index in [9.17, 15) is 9.59 Å². The number of hydrogen-bond acceptors (Lipinski definition) is 5. The fourth-order valence-corrected chi connectivity index (χ4v) is 3.93. The van der Waals surface area contributed by atoms with Gasteiger partial charge in [0.05, 0.1) is 29.7 Å². The topological polar surface area (TPSA) is 85.3 Å². The summed E-state index contributed by atoms with van der Waals surface area (Å²) >= 11 is 5.37. The number of fused-ring (bicyclic) bond motifs is 1. The molecule has 0 aliphatic carbocycles. The largest absolute Gasteiger partial charge is 0.376 e. The number of nitrogens with zero attached hydrogens (tertiary/aromatic N) is 1. The summed E-state index contributed by atoms with van der Waals surface area (Å²) in [5, 5.41) is 3.40. The van der Waals surface area contributed by atoms with Crippen LogP contribution in [0.15, 0.2) is 23.0 Å². The lowest BCUT2D eigenvalue weighted by Crippen LogP contribution is -2.32. The Labute approximate surface area is 161 Å². The van der Waals surface area contributed by atoms with Crippen molar-refractivity contribution in [2.45, 2.75) is 44.4 Å². The van der Waals surface area contributed by atoms with Crippen molar-refractivity contribution < 1.29 is 14.3 Å². The molecule has 2 fully saturated rings. The molecule has 0 radical (unpaired) electrons. The van der Waals surface area contributed by atoms with Crippen LogP contribution in [-0.2, 0) is 16.0 Å². The molecule has 0 saturated carbocycles. The highest BCUT2D eigenvalue weighted by Crippen LogP contribution is 2.16. The molecule has 4 rings (SSSR count). The second-order valence-electron chi connectivity index (χ2n) is 7.09. The Balaban J connectivity index is 1.56. The van der Waals surface area contributed by atoms with Gasteiger partial charge in [0.1, 0.15) is 0 Å². The number of carbonyl (C=O) groups is 1. The third kappa shape index (κ3) is 3.97. The molecular weight excluding hydrogens is 366 g/mol. The summed E-state index contributed by atoms with van der Waals surface area (Å²) in [5.74, 6) is -0.185. The standard InChI is InChI=1S/C19H23N3O4S/c23-17(20-10-13-3-1-7-25-13)12-5-6-15-16(9-12)21-19(27)22(18(15)24)11-14-4-2-8-26-14/h5-6,9,13-14H,1-4,7-8,10-11H2,(H,20,23)(H,21,27)/t13-,14+/m1/s1. The number of ether oxygens (including phenoxy) is 2. The molecule has 27 heavy (non-hydrogen) atoms. The van der Waals surface area contributed by atoms with E-state index in [0.717, 1.165) is 38.9 Å². The van der Waals surface area contributed by atoms with E-state index in [1.54, 1.807) is 22.8 Å². The molecule has 2 aliphatic rings. The lowest BCUT2D eigenvalue weighted by Gasteiger charge is -2.13. The van der Waals surface area contributed by atoms with E-state index in [1.807, 2.05) is 0 Å². The van der Waals surface area contributed by atoms with E-state index < -0.39 is 0 Å². The summed E-state index contributed by atoms with van der Waals surface area (Å²) in [6.45, 7) is 2.43. The first-order valence-electron chi connectivity index (χ1n) is 9.40. The number of nitrogens with one attached hydrogen (secondary N) is 2. The molecule has 8 heteroatoms. The maximum atomic E-state index is 12.8. The average Bonchev–Trinajstić information content (AvgIpc) is 3.36. The summed E-state index contributed by atoms with van der Waals surface area (Å²) in [6.07, 6.45) is 4.06. The number of aromatic amines is 1. The average molecular weight is 389 g/mol. The number of carbonyl (C=O) groups excluding carboxylic acids is 1. The number of amides is 1. The Morgan fingerprint density at radius 2 is 1.96 bits per heavy atom. The number of aromatic nitrogens is 2. The van der Waals surface area contributed by atoms with Gasteiger partial charge in [0.2, 0.25) is 0 Å². The van der Waals surface area contributed by atoms with Crippen LogP contribution < -0.4 is 10.9 Å². The summed E-state index contributed by atoms with van der Waals surface area (Å²) in [6, 6.07) is 5.02. The van der Waals surface area contributed by atoms with Crippen molar-refractivity contribution in [2.24, 2.45) is 0 Å². The molecule has 2 atom stereocenters. The van der Waals surface area contributed by atoms with Gasteiger partial charge < -0.3 is 19.8 Å². The monoisotopic (exact) mass is 389 g/mol. The summed E-state index contributed by atoms with van der Waals surface area (Å²) in [7, 11) is 0. The van der Waals surface area contributed by atoms with E-state index in [1.165, 1.54) is 0 Å². The van der Waals surface area contributed by atoms with Crippen LogP contribution in [0.5, 0.6) is 0 Å². The lowest BCUT2D eigenvalue weighted by atomic mass is 10.1. The van der Waals surface area contributed by atoms with E-state index in [-0.39, 0.29) is 23.7 Å². The Hall–Kier alpha value is -2.03. The fraction of sp³-hybridized carbons (Fsp3) is 0.526. The minimum absolute atomic E-state index is 0.0260. The minimum Gasteiger partial charge on any atom is -0.376 e. The Morgan fingerprint density at radius 3 is 2.67 bits per heavy atom. The van der Waals surface area contributed by atoms with E-state index in [0.29, 0.717) is 34.3 Å². The Morgan fingerprint density at radius 1 is 1.22 bits per heavy atom. The molecule has 0 spiro atoms. The zero-order valence-corrected chi connectivity index (χ0v) is 15.8. The number of rotatable bonds is 5. The summed E-state index contributed by atoms with van der Waals surface area (Å²) < 4.78 is 13.0. The molecule has 2 N–H and O–H groups in total. The molecule has 1 aromatic carbocycles. The zero-order valence-electron chi connectivity index (χ0n) is 15.0. The second kappa shape index (κ2) is 7.92. The zero-order chi connectivity index (χ0) is 18.8. The van der Waals surface area contributed by atoms with Gasteiger partial charge in [0.15, 0.2) is 4.77 Å². The second-order valence-corrected chi connectivity index (χ2v) is 7.47. The van der Waals surface area contributed by atoms with Gasteiger partial charge >= 0.3 is 0 Å². The maximum absolute atomic E-state index is 12.8. The van der Waals surface area contributed by atoms with E-state index >= 15 is 0 Å². The molecule has 2 aromatic rings. The predicted molar refractivity (Wildman–Crippen MR) is 104 cm³/mol. The fourth-order valence-electron chi connectivity index (χ4n) is 3.67. The number of benzene rings is 1. The Kier molecular flexibility index (Phi) is 5.38. The number of H-pyrrole nitrogens is 1. The van der Waals surface area contributed by atoms with Crippen LogP contribution in [-0.4, -0.2) is 47.4 Å². The molecule has 7 nitrogen and oxygen atoms in total. The lowest BCUT2D eigenvalue weighted by molar-refractivity contribution is 0.0858. The molecular formula is C19H23N3O4S. The van der Waals surface area contributed by atoms with E-state index in [4.69, 9.17) is 21.7 Å². The first-order valence-corrected chi connectivity index (χ1v) is 9.81. The van der Waals surface area contributed by atoms with Crippen molar-refractivity contribution in [1.29, 1.82) is 0 Å². The van der Waals surface area contributed by atoms with Gasteiger partial charge in [-0.15, -0.1) is 0 Å². The van der Waals surface area contributed by atoms with Crippen molar-refractivity contribution in [3.8, 4) is 0 Å². The molecule has 1 amide bonds. The van der Waals surface area contributed by atoms with Gasteiger partial charge in [-0.05, 0) is 56.1 Å². The predicted octanol–water partition coefficient (Wildman–Crippen LogP) is 2.15. The smallest absolute Gasteiger partial charge is 0.262 e. The first kappa shape index (κ1) is 18.3. The summed E-state index contributed by atoms with van der Waals surface area (Å²) in [4.78, 5) is 28.3. The summed E-state index contributed by atoms with van der Waals surface area (Å²) in [5.41, 5.74) is 0.899. The third-order valence-electron chi connectivity index (χ3n) is 5.17. The first-order chi connectivity index (χ1) is 13.1. The SMILES string of the molecule is O=C(NC[C@H]1CCCO1)c1ccc2c(=O)n(C[C@@H]3CCCO3)c(=S)[nH]c2c1. The van der Waals surface area contributed by atoms with Gasteiger partial charge in [0, 0.05) is 25.3 Å². The van der Waals surface area contributed by atoms with Crippen LogP contribution in [0.25, 0.3) is 10.9 Å². The minimum atomic E-state index is -0.185. The number of hydrogen-bond donors (Lipinski definition) is 2. The molecule has 3 heterocycles. The molecule has 144 valence electrons. The van der Waals surface area contributed by atoms with Crippen molar-refractivity contribution >= 4 is 29.0 Å². The molecule has 1 aromatic heterocycles. The highest BCUT2D eigenvalue weighted by Gasteiger charge is 2.19. The van der Waals surface area contributed by atoms with Crippen LogP contribution in [0.3, 0.4) is 0 Å². The van der Waals surface area contributed by atoms with Gasteiger partial charge in [-0.1, -0.05) is 0 Å². The van der Waals surface area contributed by atoms with Crippen molar-refractivity contribution in [3.05, 3.63) is 38.9 Å². The van der Waals surface area contributed by atoms with Gasteiger partial charge in [-0.25, -0.2) is 0 Å². The van der Waals surface area contributed by atoms with Crippen molar-refractivity contribution in [1.82, 2.24) is 14.9 Å². The normalized spacial score (nSPS) is 22.4. The van der Waals surface area contributed by atoms with Crippen LogP contribution >= 0.6 is 12.2 Å².